The number of esters is 5. The molecule has 11 heterocycles. The molecular weight excluding hydrogens is 1420 g/mol. The van der Waals surface area contributed by atoms with Gasteiger partial charge in [0.15, 0.2) is 110 Å². The molecule has 13 rings (SSSR count). The summed E-state index contributed by atoms with van der Waals surface area (Å²) in [5.41, 5.74) is -3.96. The van der Waals surface area contributed by atoms with E-state index in [9.17, 15) is 101 Å². The summed E-state index contributed by atoms with van der Waals surface area (Å²) in [7, 11) is 0. The van der Waals surface area contributed by atoms with E-state index in [1.54, 1.807) is 0 Å². The topological polar surface area (TPSA) is 531 Å². The predicted molar refractivity (Wildman–Crippen MR) is 341 cm³/mol. The van der Waals surface area contributed by atoms with Crippen LogP contribution in [-0.4, -0.2) is 231 Å². The maximum absolute atomic E-state index is 15.9. The number of carbonyl (C=O) groups excluding carboxylic acids is 5. The van der Waals surface area contributed by atoms with Crippen molar-refractivity contribution in [3.63, 3.8) is 0 Å². The van der Waals surface area contributed by atoms with Crippen molar-refractivity contribution in [2.45, 2.75) is 123 Å². The highest BCUT2D eigenvalue weighted by atomic mass is 16.6. The highest BCUT2D eigenvalue weighted by Gasteiger charge is 2.53. The lowest BCUT2D eigenvalue weighted by Crippen LogP contribution is -2.46. The van der Waals surface area contributed by atoms with E-state index in [0.717, 1.165) is 65.9 Å². The molecule has 5 aliphatic rings. The number of carbonyl (C=O) groups is 5. The first kappa shape index (κ1) is 75.2. The first-order chi connectivity index (χ1) is 51.4. The minimum atomic E-state index is -1.67. The van der Waals surface area contributed by atoms with Crippen LogP contribution in [0.25, 0.3) is 22.3 Å². The number of aliphatic hydroxyl groups is 15. The lowest BCUT2D eigenvalue weighted by molar-refractivity contribution is -0.766. The van der Waals surface area contributed by atoms with Gasteiger partial charge in [-0.25, -0.2) is 24.0 Å². The standard InChI is InChI=1S/C70H70N5O32/c76-26-42-48(81)54(87)61(99-42)71-13-1-6-32(21-71)66(92)97-37-19-40-47(41(20-37)106-69(95)35-9-4-16-74(24-35)64-57(90)51(84)45(29-79)102-64)53(86)60(107-70(96)36-10-5-17-75(25-36)65-58(91)52(85)46(30-80)103-65)59(98-40)31-11-12-38(104-67(93)33-7-2-14-72(22-33)62-55(88)49(82)43(27-77)100-62)39(18-31)105-68(94)34-8-3-15-73(23-34)63-56(89)50(83)44(28-78)101-63/h1-25,42-46,48-52,54-58,61-65,76-85,87-91H,26-30H2/q+5/t42-,43+,44-,45+,46-,48-,49+,50-,51+,52-,54-,55+,56-,57+,58-,61?,62?,63?,64?,65?/m1/s1. The molecule has 5 unspecified atom stereocenters. The number of benzene rings is 2. The average Bonchev–Trinajstić information content (AvgIpc) is 1.74. The number of aliphatic hydroxyl groups excluding tert-OH is 15. The van der Waals surface area contributed by atoms with Gasteiger partial charge in [0.2, 0.25) is 11.2 Å². The van der Waals surface area contributed by atoms with Gasteiger partial charge in [-0.15, -0.1) is 0 Å². The van der Waals surface area contributed by atoms with Crippen LogP contribution in [-0.2, 0) is 23.7 Å². The average molecular weight is 1490 g/mol. The third-order valence-electron chi connectivity index (χ3n) is 18.5. The molecule has 0 saturated carbocycles. The SMILES string of the molecule is O=C(Oc1cc(OC(=O)c2ccc[n+](C3O[C@@H](CO)[C@H](O)[C@@H]3O)c2)c2c(=O)c(OC(=O)c3ccc[n+](C4O[C@H](CO)[C@@H](O)[C@H]4O)c3)c(-c3ccc(OC(=O)c4ccc[n+](C5O[C@@H](CO)[C@H](O)[C@@H]5O)c4)c(OC(=O)c4ccc[n+](C5O[C@H](CO)[C@@H](O)[C@H]5O)c4)c3)oc2c1)c1ccc[n+](C2O[C@H](CO)[C@@H](O)[C@H]2O)c1. The van der Waals surface area contributed by atoms with Crippen LogP contribution in [0.1, 0.15) is 82.9 Å². The van der Waals surface area contributed by atoms with Crippen molar-refractivity contribution in [2.24, 2.45) is 0 Å². The Morgan fingerprint density at radius 3 is 0.963 bits per heavy atom. The number of pyridine rings is 5. The maximum atomic E-state index is 15.9. The van der Waals surface area contributed by atoms with Gasteiger partial charge in [-0.1, -0.05) is 0 Å². The molecule has 0 amide bonds. The van der Waals surface area contributed by atoms with E-state index in [0.29, 0.717) is 0 Å². The number of hydrogen-bond donors (Lipinski definition) is 15. The molecule has 562 valence electrons. The van der Waals surface area contributed by atoms with Crippen molar-refractivity contribution in [2.75, 3.05) is 33.0 Å². The molecule has 0 aliphatic carbocycles. The van der Waals surface area contributed by atoms with Crippen LogP contribution in [0, 0.1) is 0 Å². The van der Waals surface area contributed by atoms with E-state index in [2.05, 4.69) is 0 Å². The first-order valence-electron chi connectivity index (χ1n) is 33.0. The van der Waals surface area contributed by atoms with Crippen LogP contribution in [0.3, 0.4) is 0 Å². The van der Waals surface area contributed by atoms with Gasteiger partial charge in [-0.3, -0.25) is 4.79 Å². The van der Waals surface area contributed by atoms with E-state index < -0.39 is 242 Å². The molecule has 0 bridgehead atoms. The van der Waals surface area contributed by atoms with Gasteiger partial charge in [-0.05, 0) is 48.5 Å². The summed E-state index contributed by atoms with van der Waals surface area (Å²) in [6, 6.07) is 17.8. The smallest absolute Gasteiger partial charge is 0.349 e. The summed E-state index contributed by atoms with van der Waals surface area (Å²) in [5.74, 6) is -10.7. The Bertz CT molecular complexity index is 4760. The van der Waals surface area contributed by atoms with Gasteiger partial charge in [0.05, 0.1) is 33.0 Å². The van der Waals surface area contributed by atoms with Gasteiger partial charge in [0.25, 0.3) is 31.1 Å². The van der Waals surface area contributed by atoms with E-state index in [4.69, 9.17) is 51.8 Å². The zero-order chi connectivity index (χ0) is 76.0. The van der Waals surface area contributed by atoms with Crippen LogP contribution >= 0.6 is 0 Å². The van der Waals surface area contributed by atoms with Crippen molar-refractivity contribution in [1.29, 1.82) is 0 Å². The third-order valence-corrected chi connectivity index (χ3v) is 18.5. The van der Waals surface area contributed by atoms with E-state index in [1.165, 1.54) is 110 Å². The number of nitrogens with zero attached hydrogens (tertiary/aromatic N) is 5. The van der Waals surface area contributed by atoms with Crippen LogP contribution in [0.5, 0.6) is 28.7 Å². The Morgan fingerprint density at radius 1 is 0.346 bits per heavy atom. The molecule has 20 atom stereocenters. The zero-order valence-electron chi connectivity index (χ0n) is 55.4. The first-order valence-corrected chi connectivity index (χ1v) is 33.0. The number of rotatable bonds is 21. The Balaban J connectivity index is 0.954. The lowest BCUT2D eigenvalue weighted by atomic mass is 10.1. The van der Waals surface area contributed by atoms with Gasteiger partial charge < -0.3 is 128 Å². The molecule has 15 N–H and O–H groups in total. The Labute approximate surface area is 600 Å². The second kappa shape index (κ2) is 31.4. The fourth-order valence-corrected chi connectivity index (χ4v) is 12.8. The molecule has 0 radical (unpaired) electrons. The second-order valence-electron chi connectivity index (χ2n) is 25.3. The van der Waals surface area contributed by atoms with Crippen molar-refractivity contribution in [3.8, 4) is 40.1 Å². The minimum Gasteiger partial charge on any atom is -0.452 e. The van der Waals surface area contributed by atoms with Crippen molar-refractivity contribution in [1.82, 2.24) is 0 Å². The Kier molecular flexibility index (Phi) is 22.1. The van der Waals surface area contributed by atoms with Gasteiger partial charge in [0, 0.05) is 48.0 Å². The fourth-order valence-electron chi connectivity index (χ4n) is 12.8. The van der Waals surface area contributed by atoms with Crippen molar-refractivity contribution in [3.05, 3.63) is 191 Å². The molecule has 107 heavy (non-hydrogen) atoms. The van der Waals surface area contributed by atoms with Crippen LogP contribution in [0.4, 0.5) is 0 Å². The van der Waals surface area contributed by atoms with Gasteiger partial charge in [0.1, 0.15) is 111 Å². The number of aromatic nitrogens is 5. The van der Waals surface area contributed by atoms with Crippen molar-refractivity contribution < 1.29 is 175 Å². The lowest BCUT2D eigenvalue weighted by Gasteiger charge is -2.16. The summed E-state index contributed by atoms with van der Waals surface area (Å²) in [4.78, 5) is 88.7. The molecular formula is C70H70N5O32+5. The molecule has 5 aliphatic heterocycles. The minimum absolute atomic E-state index is 0.259. The molecule has 5 fully saturated rings. The highest BCUT2D eigenvalue weighted by Crippen LogP contribution is 2.42. The molecule has 37 nitrogen and oxygen atoms in total. The second-order valence-corrected chi connectivity index (χ2v) is 25.3. The summed E-state index contributed by atoms with van der Waals surface area (Å²) in [5, 5.41) is 156. The molecule has 8 aromatic rings. The maximum Gasteiger partial charge on any atom is 0.349 e. The third kappa shape index (κ3) is 14.8. The quantitative estimate of drug-likeness (QED) is 0.0181. The fraction of sp³-hybridized carbons (Fsp3) is 0.357. The van der Waals surface area contributed by atoms with Crippen LogP contribution < -0.4 is 51.9 Å². The Hall–Kier alpha value is -10.0. The molecule has 2 aromatic carbocycles. The van der Waals surface area contributed by atoms with Crippen LogP contribution in [0.15, 0.2) is 162 Å². The predicted octanol–water partition coefficient (Wildman–Crippen LogP) is -5.95. The number of fused-ring (bicyclic) bond motifs is 1. The normalized spacial score (nSPS) is 28.9. The summed E-state index contributed by atoms with van der Waals surface area (Å²) >= 11 is 0. The van der Waals surface area contributed by atoms with Gasteiger partial charge in [-0.2, -0.15) is 22.8 Å². The van der Waals surface area contributed by atoms with Crippen LogP contribution in [0.2, 0.25) is 0 Å². The molecule has 6 aromatic heterocycles. The van der Waals surface area contributed by atoms with E-state index in [-0.39, 0.29) is 27.8 Å². The summed E-state index contributed by atoms with van der Waals surface area (Å²) in [6.07, 6.45) is -16.6. The molecule has 5 saturated heterocycles. The zero-order valence-corrected chi connectivity index (χ0v) is 55.4. The molecule has 37 heteroatoms. The Morgan fingerprint density at radius 2 is 0.645 bits per heavy atom. The summed E-state index contributed by atoms with van der Waals surface area (Å²) in [6.45, 7) is -3.49. The van der Waals surface area contributed by atoms with E-state index in [1.807, 2.05) is 0 Å². The van der Waals surface area contributed by atoms with Crippen molar-refractivity contribution >= 4 is 40.8 Å². The van der Waals surface area contributed by atoms with Gasteiger partial charge >= 0.3 is 29.8 Å². The highest BCUT2D eigenvalue weighted by molar-refractivity contribution is 5.98. The number of hydrogen-bond acceptors (Lipinski definition) is 32. The largest absolute Gasteiger partial charge is 0.452 e. The number of ether oxygens (including phenoxy) is 10. The summed E-state index contributed by atoms with van der Waals surface area (Å²) < 4.78 is 70.5. The van der Waals surface area contributed by atoms with E-state index >= 15 is 4.79 Å². The molecule has 0 spiro atoms. The monoisotopic (exact) mass is 1490 g/mol.